The van der Waals surface area contributed by atoms with E-state index in [0.717, 1.165) is 12.8 Å². The fraction of sp³-hybridized carbons (Fsp3) is 0.333. The third-order valence-electron chi connectivity index (χ3n) is 4.01. The van der Waals surface area contributed by atoms with Crippen LogP contribution in [0.2, 0.25) is 0 Å². The van der Waals surface area contributed by atoms with Gasteiger partial charge in [-0.05, 0) is 12.8 Å². The second-order valence-electron chi connectivity index (χ2n) is 5.35. The molecule has 21 heavy (non-hydrogen) atoms. The predicted octanol–water partition coefficient (Wildman–Crippen LogP) is 1.89. The summed E-state index contributed by atoms with van der Waals surface area (Å²) in [5.41, 5.74) is 1.33. The summed E-state index contributed by atoms with van der Waals surface area (Å²) in [5, 5.41) is 0. The maximum atomic E-state index is 12.5. The van der Waals surface area contributed by atoms with Gasteiger partial charge in [0.15, 0.2) is 11.6 Å². The molecular formula is C15H14O5S. The molecule has 0 saturated heterocycles. The van der Waals surface area contributed by atoms with E-state index in [-0.39, 0.29) is 29.3 Å². The van der Waals surface area contributed by atoms with Gasteiger partial charge in [-0.1, -0.05) is 24.3 Å². The van der Waals surface area contributed by atoms with E-state index in [9.17, 15) is 18.0 Å². The van der Waals surface area contributed by atoms with E-state index in [1.54, 1.807) is 12.2 Å². The molecule has 0 heterocycles. The summed E-state index contributed by atoms with van der Waals surface area (Å²) in [6.07, 6.45) is 7.90. The van der Waals surface area contributed by atoms with Crippen LogP contribution in [-0.4, -0.2) is 24.5 Å². The fourth-order valence-corrected chi connectivity index (χ4v) is 3.62. The van der Waals surface area contributed by atoms with Crippen molar-refractivity contribution >= 4 is 21.7 Å². The van der Waals surface area contributed by atoms with Crippen molar-refractivity contribution in [1.29, 1.82) is 0 Å². The lowest BCUT2D eigenvalue weighted by Gasteiger charge is -2.18. The van der Waals surface area contributed by atoms with Crippen LogP contribution in [-0.2, 0) is 19.7 Å². The van der Waals surface area contributed by atoms with Gasteiger partial charge in [-0.3, -0.25) is 14.1 Å². The number of allylic oxidation sites excluding steroid dienone is 8. The van der Waals surface area contributed by atoms with E-state index in [1.807, 2.05) is 0 Å². The summed E-state index contributed by atoms with van der Waals surface area (Å²) < 4.78 is 31.6. The Labute approximate surface area is 122 Å². The summed E-state index contributed by atoms with van der Waals surface area (Å²) in [6.45, 7) is 0. The van der Waals surface area contributed by atoms with Gasteiger partial charge in [0.2, 0.25) is 0 Å². The predicted molar refractivity (Wildman–Crippen MR) is 75.9 cm³/mol. The van der Waals surface area contributed by atoms with Crippen molar-refractivity contribution in [3.63, 3.8) is 0 Å². The highest BCUT2D eigenvalue weighted by Gasteiger charge is 2.36. The standard InChI is InChI=1S/C15H14O5S/c16-14-8-9-7-10(21(18,19)20)5-6-11(9)15(17)13-4-2-1-3-12(13)14/h3-4,6-7,9H,1-2,5,8H2,(H,18,19,20). The van der Waals surface area contributed by atoms with Crippen molar-refractivity contribution < 1.29 is 22.6 Å². The molecule has 3 aliphatic carbocycles. The minimum atomic E-state index is -4.28. The van der Waals surface area contributed by atoms with Gasteiger partial charge in [-0.2, -0.15) is 8.42 Å². The molecule has 0 aromatic heterocycles. The highest BCUT2D eigenvalue weighted by molar-refractivity contribution is 7.89. The lowest BCUT2D eigenvalue weighted by molar-refractivity contribution is -0.116. The lowest BCUT2D eigenvalue weighted by atomic mass is 9.87. The maximum absolute atomic E-state index is 12.5. The molecule has 1 fully saturated rings. The molecule has 0 radical (unpaired) electrons. The first-order valence-corrected chi connectivity index (χ1v) is 8.19. The van der Waals surface area contributed by atoms with Crippen LogP contribution in [0.1, 0.15) is 25.7 Å². The number of carbonyl (C=O) groups excluding carboxylic acids is 2. The van der Waals surface area contributed by atoms with Crippen molar-refractivity contribution in [3.05, 3.63) is 45.9 Å². The Kier molecular flexibility index (Phi) is 3.30. The number of hydrogen-bond acceptors (Lipinski definition) is 4. The first-order valence-electron chi connectivity index (χ1n) is 6.75. The smallest absolute Gasteiger partial charge is 0.290 e. The van der Waals surface area contributed by atoms with Crippen molar-refractivity contribution in [1.82, 2.24) is 0 Å². The van der Waals surface area contributed by atoms with Crippen LogP contribution in [0.5, 0.6) is 0 Å². The number of fused-ring (bicyclic) bond motifs is 2. The van der Waals surface area contributed by atoms with Gasteiger partial charge < -0.3 is 0 Å². The molecular weight excluding hydrogens is 292 g/mol. The highest BCUT2D eigenvalue weighted by atomic mass is 32.2. The zero-order chi connectivity index (χ0) is 15.2. The molecule has 0 aliphatic heterocycles. The van der Waals surface area contributed by atoms with Crippen molar-refractivity contribution in [2.75, 3.05) is 0 Å². The molecule has 110 valence electrons. The summed E-state index contributed by atoms with van der Waals surface area (Å²) in [6, 6.07) is 0. The number of rotatable bonds is 1. The number of ketones is 2. The van der Waals surface area contributed by atoms with Crippen LogP contribution >= 0.6 is 0 Å². The zero-order valence-corrected chi connectivity index (χ0v) is 12.0. The molecule has 0 aromatic rings. The van der Waals surface area contributed by atoms with Crippen LogP contribution in [0.25, 0.3) is 0 Å². The van der Waals surface area contributed by atoms with E-state index in [4.69, 9.17) is 4.55 Å². The maximum Gasteiger partial charge on any atom is 0.290 e. The Bertz CT molecular complexity index is 762. The fourth-order valence-electron chi connectivity index (χ4n) is 2.98. The summed E-state index contributed by atoms with van der Waals surface area (Å²) >= 11 is 0. The molecule has 6 heteroatoms. The Morgan fingerprint density at radius 3 is 2.38 bits per heavy atom. The zero-order valence-electron chi connectivity index (χ0n) is 11.2. The molecule has 1 N–H and O–H groups in total. The average Bonchev–Trinajstić information content (AvgIpc) is 2.55. The first kappa shape index (κ1) is 14.2. The van der Waals surface area contributed by atoms with Crippen LogP contribution in [0, 0.1) is 5.92 Å². The second-order valence-corrected chi connectivity index (χ2v) is 6.82. The first-order chi connectivity index (χ1) is 9.88. The molecule has 0 aromatic carbocycles. The van der Waals surface area contributed by atoms with Gasteiger partial charge in [-0.15, -0.1) is 0 Å². The summed E-state index contributed by atoms with van der Waals surface area (Å²) in [4.78, 5) is 24.7. The van der Waals surface area contributed by atoms with Crippen LogP contribution in [0.3, 0.4) is 0 Å². The Balaban J connectivity index is 2.07. The van der Waals surface area contributed by atoms with Crippen LogP contribution in [0.4, 0.5) is 0 Å². The van der Waals surface area contributed by atoms with E-state index in [2.05, 4.69) is 0 Å². The van der Waals surface area contributed by atoms with Gasteiger partial charge in [0.05, 0.1) is 4.91 Å². The van der Waals surface area contributed by atoms with Crippen molar-refractivity contribution in [2.24, 2.45) is 5.92 Å². The third kappa shape index (κ3) is 2.45. The Morgan fingerprint density at radius 2 is 1.71 bits per heavy atom. The Morgan fingerprint density at radius 1 is 1.05 bits per heavy atom. The molecule has 5 nitrogen and oxygen atoms in total. The molecule has 0 spiro atoms. The van der Waals surface area contributed by atoms with E-state index in [0.29, 0.717) is 16.7 Å². The van der Waals surface area contributed by atoms with Crippen LogP contribution in [0.15, 0.2) is 45.9 Å². The largest absolute Gasteiger partial charge is 0.294 e. The van der Waals surface area contributed by atoms with E-state index >= 15 is 0 Å². The average molecular weight is 306 g/mol. The van der Waals surface area contributed by atoms with Crippen LogP contribution < -0.4 is 0 Å². The molecule has 1 unspecified atom stereocenters. The quantitative estimate of drug-likeness (QED) is 0.747. The molecule has 0 bridgehead atoms. The molecule has 1 atom stereocenters. The third-order valence-corrected chi connectivity index (χ3v) is 4.97. The summed E-state index contributed by atoms with van der Waals surface area (Å²) in [7, 11) is -4.28. The minimum absolute atomic E-state index is 0.0169. The highest BCUT2D eigenvalue weighted by Crippen LogP contribution is 2.37. The number of carbonyl (C=O) groups is 2. The van der Waals surface area contributed by atoms with E-state index in [1.165, 1.54) is 12.2 Å². The van der Waals surface area contributed by atoms with Gasteiger partial charge in [0.1, 0.15) is 0 Å². The summed E-state index contributed by atoms with van der Waals surface area (Å²) in [5.74, 6) is -0.943. The molecule has 3 rings (SSSR count). The van der Waals surface area contributed by atoms with E-state index < -0.39 is 16.0 Å². The monoisotopic (exact) mass is 306 g/mol. The Hall–Kier alpha value is -1.79. The molecule has 0 amide bonds. The normalized spacial score (nSPS) is 25.9. The number of Topliss-reactive ketones (excluding diaryl/α,β-unsaturated/α-hetero) is 2. The van der Waals surface area contributed by atoms with Gasteiger partial charge in [0.25, 0.3) is 10.1 Å². The lowest BCUT2D eigenvalue weighted by Crippen LogP contribution is -2.17. The minimum Gasteiger partial charge on any atom is -0.294 e. The molecule has 1 saturated carbocycles. The van der Waals surface area contributed by atoms with Crippen molar-refractivity contribution in [3.8, 4) is 0 Å². The SMILES string of the molecule is O=C1CC2C=C(S(=O)(=O)O)CC=C2C(=O)C2=CCCC=C12. The van der Waals surface area contributed by atoms with Crippen molar-refractivity contribution in [2.45, 2.75) is 25.7 Å². The topological polar surface area (TPSA) is 88.5 Å². The number of hydrogen-bond donors (Lipinski definition) is 1. The van der Waals surface area contributed by atoms with Gasteiger partial charge in [0, 0.05) is 35.5 Å². The van der Waals surface area contributed by atoms with Gasteiger partial charge in [-0.25, -0.2) is 0 Å². The van der Waals surface area contributed by atoms with Gasteiger partial charge >= 0.3 is 0 Å². The molecule has 3 aliphatic rings. The second kappa shape index (κ2) is 4.89.